The number of amides is 2. The smallest absolute Gasteiger partial charge is 0.271 e. The molecule has 0 aliphatic carbocycles. The third-order valence-electron chi connectivity index (χ3n) is 5.37. The average molecular weight is 408 g/mol. The van der Waals surface area contributed by atoms with Gasteiger partial charge >= 0.3 is 0 Å². The quantitative estimate of drug-likeness (QED) is 0.518. The lowest BCUT2D eigenvalue weighted by Gasteiger charge is -2.48. The molecule has 30 heavy (non-hydrogen) atoms. The van der Waals surface area contributed by atoms with Crippen LogP contribution >= 0.6 is 0 Å². The van der Waals surface area contributed by atoms with E-state index in [0.717, 1.165) is 17.1 Å². The van der Waals surface area contributed by atoms with E-state index < -0.39 is 5.41 Å². The number of rotatable bonds is 8. The summed E-state index contributed by atoms with van der Waals surface area (Å²) < 4.78 is 5.31. The summed E-state index contributed by atoms with van der Waals surface area (Å²) in [6.45, 7) is 1.16. The summed E-state index contributed by atoms with van der Waals surface area (Å²) in [6.07, 6.45) is 6.12. The van der Waals surface area contributed by atoms with Gasteiger partial charge in [-0.15, -0.1) is 0 Å². The number of likely N-dealkylation sites (tertiary alicyclic amines) is 1. The Balaban J connectivity index is 1.46. The molecule has 9 heteroatoms. The van der Waals surface area contributed by atoms with Gasteiger partial charge in [-0.3, -0.25) is 14.7 Å². The number of H-pyrrole nitrogens is 2. The Bertz CT molecular complexity index is 994. The first kappa shape index (κ1) is 19.7. The van der Waals surface area contributed by atoms with Crippen LogP contribution in [-0.4, -0.2) is 63.6 Å². The third-order valence-corrected chi connectivity index (χ3v) is 5.37. The largest absolute Gasteiger partial charge is 0.497 e. The highest BCUT2D eigenvalue weighted by Gasteiger charge is 2.51. The maximum absolute atomic E-state index is 13.2. The number of imidazole rings is 1. The summed E-state index contributed by atoms with van der Waals surface area (Å²) in [7, 11) is 1.62. The number of carbonyl (C=O) groups is 2. The van der Waals surface area contributed by atoms with Crippen molar-refractivity contribution in [3.05, 3.63) is 66.0 Å². The van der Waals surface area contributed by atoms with Gasteiger partial charge in [0.2, 0.25) is 5.91 Å². The van der Waals surface area contributed by atoms with Gasteiger partial charge < -0.3 is 19.9 Å². The van der Waals surface area contributed by atoms with Gasteiger partial charge in [0.1, 0.15) is 17.3 Å². The molecule has 1 aliphatic rings. The number of methoxy groups -OCH3 is 1. The molecule has 2 amide bonds. The Hall–Kier alpha value is -3.62. The van der Waals surface area contributed by atoms with Crippen LogP contribution in [0.5, 0.6) is 5.75 Å². The minimum Gasteiger partial charge on any atom is -0.497 e. The van der Waals surface area contributed by atoms with E-state index in [1.807, 2.05) is 24.3 Å². The van der Waals surface area contributed by atoms with E-state index in [0.29, 0.717) is 38.2 Å². The van der Waals surface area contributed by atoms with Crippen molar-refractivity contribution in [1.82, 2.24) is 30.4 Å². The number of nitrogens with one attached hydrogen (secondary N) is 3. The summed E-state index contributed by atoms with van der Waals surface area (Å²) in [5.74, 6) is 1.34. The van der Waals surface area contributed by atoms with E-state index in [2.05, 4.69) is 25.5 Å². The topological polar surface area (TPSA) is 116 Å². The first-order valence-electron chi connectivity index (χ1n) is 9.78. The van der Waals surface area contributed by atoms with Gasteiger partial charge in [-0.25, -0.2) is 4.98 Å². The molecule has 156 valence electrons. The molecule has 0 spiro atoms. The molecule has 1 aromatic carbocycles. The van der Waals surface area contributed by atoms with Crippen molar-refractivity contribution in [2.45, 2.75) is 12.8 Å². The lowest BCUT2D eigenvalue weighted by atomic mass is 9.73. The summed E-state index contributed by atoms with van der Waals surface area (Å²) in [5.41, 5.74) is 0.720. The van der Waals surface area contributed by atoms with Crippen molar-refractivity contribution in [1.29, 1.82) is 0 Å². The van der Waals surface area contributed by atoms with Crippen LogP contribution < -0.4 is 10.1 Å². The first-order chi connectivity index (χ1) is 14.6. The lowest BCUT2D eigenvalue weighted by Crippen LogP contribution is -2.65. The molecule has 0 bridgehead atoms. The number of hydrogen-bond donors (Lipinski definition) is 3. The zero-order valence-electron chi connectivity index (χ0n) is 16.7. The second-order valence-electron chi connectivity index (χ2n) is 7.48. The van der Waals surface area contributed by atoms with E-state index in [4.69, 9.17) is 4.74 Å². The van der Waals surface area contributed by atoms with E-state index in [1.165, 1.54) is 6.20 Å². The predicted molar refractivity (Wildman–Crippen MR) is 109 cm³/mol. The molecule has 9 nitrogen and oxygen atoms in total. The van der Waals surface area contributed by atoms with Crippen molar-refractivity contribution >= 4 is 11.8 Å². The van der Waals surface area contributed by atoms with Crippen molar-refractivity contribution < 1.29 is 14.3 Å². The number of nitrogens with zero attached hydrogens (tertiary/aromatic N) is 3. The number of ether oxygens (including phenoxy) is 1. The summed E-state index contributed by atoms with van der Waals surface area (Å²) in [4.78, 5) is 34.6. The number of carbonyl (C=O) groups excluding carboxylic acids is 2. The van der Waals surface area contributed by atoms with Gasteiger partial charge in [-0.1, -0.05) is 12.1 Å². The maximum atomic E-state index is 13.2. The van der Waals surface area contributed by atoms with Crippen molar-refractivity contribution in [2.75, 3.05) is 26.7 Å². The number of aromatic amines is 2. The Kier molecular flexibility index (Phi) is 5.51. The Labute approximate surface area is 173 Å². The minimum atomic E-state index is -0.689. The number of hydrogen-bond acceptors (Lipinski definition) is 5. The van der Waals surface area contributed by atoms with Crippen LogP contribution in [0.2, 0.25) is 0 Å². The number of benzene rings is 1. The molecule has 3 heterocycles. The van der Waals surface area contributed by atoms with E-state index in [-0.39, 0.29) is 11.8 Å². The average Bonchev–Trinajstić information content (AvgIpc) is 3.44. The van der Waals surface area contributed by atoms with Crippen LogP contribution in [0.25, 0.3) is 0 Å². The summed E-state index contributed by atoms with van der Waals surface area (Å²) >= 11 is 0. The third kappa shape index (κ3) is 4.05. The zero-order chi connectivity index (χ0) is 21.0. The molecule has 3 aromatic rings. The predicted octanol–water partition coefficient (Wildman–Crippen LogP) is 1.19. The van der Waals surface area contributed by atoms with E-state index in [9.17, 15) is 9.59 Å². The fourth-order valence-electron chi connectivity index (χ4n) is 3.80. The van der Waals surface area contributed by atoms with Gasteiger partial charge in [0.25, 0.3) is 5.91 Å². The van der Waals surface area contributed by atoms with Crippen LogP contribution in [0.3, 0.4) is 0 Å². The molecule has 0 saturated carbocycles. The summed E-state index contributed by atoms with van der Waals surface area (Å²) in [5, 5.41) is 9.54. The zero-order valence-corrected chi connectivity index (χ0v) is 16.7. The molecule has 1 fully saturated rings. The highest BCUT2D eigenvalue weighted by Crippen LogP contribution is 2.36. The monoisotopic (exact) mass is 408 g/mol. The molecule has 3 N–H and O–H groups in total. The van der Waals surface area contributed by atoms with E-state index >= 15 is 0 Å². The minimum absolute atomic E-state index is 0.0643. The second-order valence-corrected chi connectivity index (χ2v) is 7.48. The standard InChI is InChI=1S/C21H24N6O3/c1-30-16-4-2-3-15(11-16)12-21(20(29)24-7-6-18-22-9-10-23-18)13-27(14-21)19(28)17-5-8-25-26-17/h2-5,8-11H,6-7,12-14H2,1H3,(H,22,23)(H,24,29)(H,25,26). The highest BCUT2D eigenvalue weighted by molar-refractivity contribution is 5.95. The van der Waals surface area contributed by atoms with Crippen LogP contribution in [0.4, 0.5) is 0 Å². The fourth-order valence-corrected chi connectivity index (χ4v) is 3.80. The molecule has 1 aliphatic heterocycles. The molecule has 0 unspecified atom stereocenters. The number of aromatic nitrogens is 4. The van der Waals surface area contributed by atoms with Crippen molar-refractivity contribution in [2.24, 2.45) is 5.41 Å². The van der Waals surface area contributed by atoms with Crippen LogP contribution in [0, 0.1) is 5.41 Å². The van der Waals surface area contributed by atoms with Gasteiger partial charge in [0.05, 0.1) is 12.5 Å². The Morgan fingerprint density at radius 3 is 2.83 bits per heavy atom. The molecule has 0 atom stereocenters. The molecular formula is C21H24N6O3. The lowest BCUT2D eigenvalue weighted by molar-refractivity contribution is -0.139. The fraction of sp³-hybridized carbons (Fsp3) is 0.333. The molecule has 4 rings (SSSR count). The molecule has 1 saturated heterocycles. The molecule has 2 aromatic heterocycles. The van der Waals surface area contributed by atoms with Gasteiger partial charge in [-0.2, -0.15) is 5.10 Å². The van der Waals surface area contributed by atoms with Crippen LogP contribution in [0.15, 0.2) is 48.9 Å². The Morgan fingerprint density at radius 2 is 2.13 bits per heavy atom. The summed E-state index contributed by atoms with van der Waals surface area (Å²) in [6, 6.07) is 9.31. The maximum Gasteiger partial charge on any atom is 0.271 e. The molecular weight excluding hydrogens is 384 g/mol. The SMILES string of the molecule is COc1cccc(CC2(C(=O)NCCc3ncc[nH]3)CN(C(=O)c3ccn[nH]3)C2)c1. The van der Waals surface area contributed by atoms with Gasteiger partial charge in [-0.05, 0) is 30.2 Å². The van der Waals surface area contributed by atoms with Crippen LogP contribution in [-0.2, 0) is 17.6 Å². The Morgan fingerprint density at radius 1 is 1.27 bits per heavy atom. The van der Waals surface area contributed by atoms with Gasteiger partial charge in [0, 0.05) is 44.6 Å². The molecule has 0 radical (unpaired) electrons. The van der Waals surface area contributed by atoms with Gasteiger partial charge in [0.15, 0.2) is 0 Å². The van der Waals surface area contributed by atoms with Crippen LogP contribution in [0.1, 0.15) is 21.9 Å². The van der Waals surface area contributed by atoms with Crippen molar-refractivity contribution in [3.8, 4) is 5.75 Å². The second kappa shape index (κ2) is 8.40. The highest BCUT2D eigenvalue weighted by atomic mass is 16.5. The normalized spacial score (nSPS) is 14.8. The van der Waals surface area contributed by atoms with Crippen molar-refractivity contribution in [3.63, 3.8) is 0 Å². The van der Waals surface area contributed by atoms with E-state index in [1.54, 1.807) is 30.5 Å². The first-order valence-corrected chi connectivity index (χ1v) is 9.78.